The molecule has 0 atom stereocenters. The van der Waals surface area contributed by atoms with Crippen LogP contribution in [-0.4, -0.2) is 37.9 Å². The maximum atomic E-state index is 10.6. The average Bonchev–Trinajstić information content (AvgIpc) is 2.04. The topological polar surface area (TPSA) is 58.6 Å². The minimum atomic E-state index is -0.117. The van der Waals surface area contributed by atoms with Crippen LogP contribution in [-0.2, 0) is 9.53 Å². The molecular formula is C7H15NO3. The number of ether oxygens (including phenoxy) is 1. The van der Waals surface area contributed by atoms with Crippen LogP contribution in [0.25, 0.3) is 0 Å². The zero-order chi connectivity index (χ0) is 8.53. The summed E-state index contributed by atoms with van der Waals surface area (Å²) in [6.07, 6.45) is 1.53. The van der Waals surface area contributed by atoms with Crippen LogP contribution in [0.1, 0.15) is 12.8 Å². The highest BCUT2D eigenvalue weighted by Gasteiger charge is 1.95. The van der Waals surface area contributed by atoms with E-state index in [1.165, 1.54) is 0 Å². The van der Waals surface area contributed by atoms with Gasteiger partial charge in [-0.3, -0.25) is 4.79 Å². The van der Waals surface area contributed by atoms with Gasteiger partial charge in [0.15, 0.2) is 0 Å². The van der Waals surface area contributed by atoms with E-state index in [9.17, 15) is 4.79 Å². The van der Waals surface area contributed by atoms with Crippen molar-refractivity contribution >= 4 is 5.91 Å². The van der Waals surface area contributed by atoms with Gasteiger partial charge in [-0.05, 0) is 12.8 Å². The molecule has 0 fully saturated rings. The van der Waals surface area contributed by atoms with Crippen molar-refractivity contribution in [3.05, 3.63) is 0 Å². The molecule has 0 aromatic heterocycles. The van der Waals surface area contributed by atoms with E-state index < -0.39 is 0 Å². The second-order valence-electron chi connectivity index (χ2n) is 2.16. The third kappa shape index (κ3) is 7.29. The van der Waals surface area contributed by atoms with Gasteiger partial charge < -0.3 is 15.2 Å². The average molecular weight is 161 g/mol. The van der Waals surface area contributed by atoms with E-state index in [2.05, 4.69) is 5.32 Å². The first kappa shape index (κ1) is 10.4. The fourth-order valence-electron chi connectivity index (χ4n) is 0.553. The quantitative estimate of drug-likeness (QED) is 0.517. The fourth-order valence-corrected chi connectivity index (χ4v) is 0.553. The standard InChI is InChI=1S/C7H15NO3/c1-8-7(10)6-11-5-3-2-4-9/h9H,2-6H2,1H3,(H,8,10). The summed E-state index contributed by atoms with van der Waals surface area (Å²) in [6, 6.07) is 0. The minimum Gasteiger partial charge on any atom is -0.396 e. The summed E-state index contributed by atoms with van der Waals surface area (Å²) in [7, 11) is 1.57. The first-order valence-electron chi connectivity index (χ1n) is 3.70. The van der Waals surface area contributed by atoms with Crippen molar-refractivity contribution < 1.29 is 14.6 Å². The van der Waals surface area contributed by atoms with Gasteiger partial charge in [0.1, 0.15) is 6.61 Å². The van der Waals surface area contributed by atoms with Gasteiger partial charge in [0.25, 0.3) is 0 Å². The lowest BCUT2D eigenvalue weighted by Crippen LogP contribution is -2.23. The summed E-state index contributed by atoms with van der Waals surface area (Å²) < 4.78 is 4.97. The van der Waals surface area contributed by atoms with Gasteiger partial charge >= 0.3 is 0 Å². The number of hydrogen-bond donors (Lipinski definition) is 2. The molecule has 0 saturated carbocycles. The minimum absolute atomic E-state index is 0.113. The first-order chi connectivity index (χ1) is 5.31. The molecule has 11 heavy (non-hydrogen) atoms. The van der Waals surface area contributed by atoms with Gasteiger partial charge in [-0.1, -0.05) is 0 Å². The molecule has 0 saturated heterocycles. The summed E-state index contributed by atoms with van der Waals surface area (Å²) in [5.41, 5.74) is 0. The molecule has 0 rings (SSSR count). The van der Waals surface area contributed by atoms with E-state index in [1.807, 2.05) is 0 Å². The fraction of sp³-hybridized carbons (Fsp3) is 0.857. The zero-order valence-electron chi connectivity index (χ0n) is 6.80. The Morgan fingerprint density at radius 2 is 2.27 bits per heavy atom. The Bertz CT molecular complexity index is 106. The van der Waals surface area contributed by atoms with E-state index in [-0.39, 0.29) is 19.1 Å². The predicted octanol–water partition coefficient (Wildman–Crippen LogP) is -0.479. The zero-order valence-corrected chi connectivity index (χ0v) is 6.80. The Kier molecular flexibility index (Phi) is 7.08. The first-order valence-corrected chi connectivity index (χ1v) is 3.70. The molecule has 0 aromatic rings. The monoisotopic (exact) mass is 161 g/mol. The van der Waals surface area contributed by atoms with Crippen LogP contribution in [0.5, 0.6) is 0 Å². The molecular weight excluding hydrogens is 146 g/mol. The number of carbonyl (C=O) groups is 1. The number of nitrogens with one attached hydrogen (secondary N) is 1. The number of rotatable bonds is 6. The van der Waals surface area contributed by atoms with Crippen LogP contribution in [0.15, 0.2) is 0 Å². The third-order valence-corrected chi connectivity index (χ3v) is 1.21. The molecule has 0 aliphatic carbocycles. The number of unbranched alkanes of at least 4 members (excludes halogenated alkanes) is 1. The van der Waals surface area contributed by atoms with Crippen molar-refractivity contribution in [3.63, 3.8) is 0 Å². The molecule has 0 aliphatic rings. The predicted molar refractivity (Wildman–Crippen MR) is 41.2 cm³/mol. The molecule has 0 heterocycles. The molecule has 2 N–H and O–H groups in total. The van der Waals surface area contributed by atoms with E-state index in [0.29, 0.717) is 6.61 Å². The van der Waals surface area contributed by atoms with Gasteiger partial charge in [0, 0.05) is 20.3 Å². The highest BCUT2D eigenvalue weighted by molar-refractivity contribution is 5.76. The lowest BCUT2D eigenvalue weighted by molar-refractivity contribution is -0.125. The third-order valence-electron chi connectivity index (χ3n) is 1.21. The second-order valence-corrected chi connectivity index (χ2v) is 2.16. The second kappa shape index (κ2) is 7.50. The molecule has 4 heteroatoms. The van der Waals surface area contributed by atoms with Crippen molar-refractivity contribution in [3.8, 4) is 0 Å². The van der Waals surface area contributed by atoms with Gasteiger partial charge in [-0.2, -0.15) is 0 Å². The van der Waals surface area contributed by atoms with Crippen molar-refractivity contribution in [2.24, 2.45) is 0 Å². The van der Waals surface area contributed by atoms with Crippen molar-refractivity contribution in [1.29, 1.82) is 0 Å². The molecule has 0 radical (unpaired) electrons. The maximum absolute atomic E-state index is 10.6. The number of aliphatic hydroxyl groups is 1. The number of aliphatic hydroxyl groups excluding tert-OH is 1. The maximum Gasteiger partial charge on any atom is 0.245 e. The Morgan fingerprint density at radius 1 is 1.55 bits per heavy atom. The van der Waals surface area contributed by atoms with Gasteiger partial charge in [0.05, 0.1) is 0 Å². The summed E-state index contributed by atoms with van der Waals surface area (Å²) in [5.74, 6) is -0.117. The largest absolute Gasteiger partial charge is 0.396 e. The SMILES string of the molecule is CNC(=O)COCCCCO. The number of amides is 1. The molecule has 0 bridgehead atoms. The van der Waals surface area contributed by atoms with Crippen LogP contribution in [0.2, 0.25) is 0 Å². The van der Waals surface area contributed by atoms with Gasteiger partial charge in [-0.15, -0.1) is 0 Å². The van der Waals surface area contributed by atoms with Gasteiger partial charge in [-0.25, -0.2) is 0 Å². The van der Waals surface area contributed by atoms with E-state index in [1.54, 1.807) is 7.05 Å². The molecule has 0 aromatic carbocycles. The molecule has 1 amide bonds. The van der Waals surface area contributed by atoms with Crippen LogP contribution in [0.4, 0.5) is 0 Å². The normalized spacial score (nSPS) is 9.64. The van der Waals surface area contributed by atoms with Crippen molar-refractivity contribution in [2.45, 2.75) is 12.8 Å². The Hall–Kier alpha value is -0.610. The molecule has 66 valence electrons. The molecule has 0 unspecified atom stereocenters. The van der Waals surface area contributed by atoms with E-state index in [4.69, 9.17) is 9.84 Å². The molecule has 4 nitrogen and oxygen atoms in total. The lowest BCUT2D eigenvalue weighted by atomic mass is 10.3. The van der Waals surface area contributed by atoms with Crippen LogP contribution in [0.3, 0.4) is 0 Å². The summed E-state index contributed by atoms with van der Waals surface area (Å²) in [5, 5.41) is 10.8. The molecule has 0 aliphatic heterocycles. The van der Waals surface area contributed by atoms with E-state index in [0.717, 1.165) is 12.8 Å². The Labute approximate surface area is 66.5 Å². The Morgan fingerprint density at radius 3 is 2.82 bits per heavy atom. The summed E-state index contributed by atoms with van der Waals surface area (Å²) in [6.45, 7) is 0.833. The van der Waals surface area contributed by atoms with Gasteiger partial charge in [0.2, 0.25) is 5.91 Å². The molecule has 0 spiro atoms. The van der Waals surface area contributed by atoms with Crippen LogP contribution < -0.4 is 5.32 Å². The number of hydrogen-bond acceptors (Lipinski definition) is 3. The highest BCUT2D eigenvalue weighted by Crippen LogP contribution is 1.87. The van der Waals surface area contributed by atoms with Crippen molar-refractivity contribution in [1.82, 2.24) is 5.32 Å². The summed E-state index contributed by atoms with van der Waals surface area (Å²) in [4.78, 5) is 10.6. The Balaban J connectivity index is 2.95. The van der Waals surface area contributed by atoms with Crippen molar-refractivity contribution in [2.75, 3.05) is 26.9 Å². The lowest BCUT2D eigenvalue weighted by Gasteiger charge is -2.01. The summed E-state index contributed by atoms with van der Waals surface area (Å²) >= 11 is 0. The highest BCUT2D eigenvalue weighted by atomic mass is 16.5. The smallest absolute Gasteiger partial charge is 0.245 e. The van der Waals surface area contributed by atoms with Crippen LogP contribution in [0, 0.1) is 0 Å². The van der Waals surface area contributed by atoms with E-state index >= 15 is 0 Å². The van der Waals surface area contributed by atoms with Crippen LogP contribution >= 0.6 is 0 Å². The number of carbonyl (C=O) groups excluding carboxylic acids is 1. The number of likely N-dealkylation sites (N-methyl/N-ethyl adjacent to an activating group) is 1.